The molecule has 90 valence electrons. The Hall–Kier alpha value is -1.49. The van der Waals surface area contributed by atoms with Crippen molar-refractivity contribution in [1.29, 1.82) is 0 Å². The number of aromatic nitrogens is 2. The molecular weight excluding hydrogens is 236 g/mol. The Morgan fingerprint density at radius 3 is 3.00 bits per heavy atom. The van der Waals surface area contributed by atoms with Crippen molar-refractivity contribution in [3.8, 4) is 0 Å². The van der Waals surface area contributed by atoms with Gasteiger partial charge in [0.2, 0.25) is 0 Å². The molecule has 0 aliphatic rings. The summed E-state index contributed by atoms with van der Waals surface area (Å²) >= 11 is 1.43. The van der Waals surface area contributed by atoms with E-state index in [1.54, 1.807) is 17.8 Å². The van der Waals surface area contributed by atoms with Crippen LogP contribution in [0.1, 0.15) is 25.3 Å². The first-order valence-corrected chi connectivity index (χ1v) is 6.40. The molecular formula is C12H14N2O2S. The molecule has 0 saturated carbocycles. The minimum Gasteiger partial charge on any atom is -0.300 e. The van der Waals surface area contributed by atoms with Gasteiger partial charge in [0.05, 0.1) is 11.8 Å². The molecule has 0 bridgehead atoms. The maximum absolute atomic E-state index is 12.1. The van der Waals surface area contributed by atoms with Crippen molar-refractivity contribution in [2.75, 3.05) is 0 Å². The van der Waals surface area contributed by atoms with Gasteiger partial charge in [-0.15, -0.1) is 11.3 Å². The van der Waals surface area contributed by atoms with Gasteiger partial charge < -0.3 is 4.79 Å². The molecule has 0 unspecified atom stereocenters. The minimum absolute atomic E-state index is 0.00310. The Balaban J connectivity index is 2.27. The highest BCUT2D eigenvalue weighted by Gasteiger charge is 2.08. The molecule has 2 aromatic heterocycles. The lowest BCUT2D eigenvalue weighted by atomic mass is 10.2. The quantitative estimate of drug-likeness (QED) is 0.835. The number of Topliss-reactive ketones (excluding diaryl/α,β-unsaturated/α-hetero) is 1. The monoisotopic (exact) mass is 250 g/mol. The van der Waals surface area contributed by atoms with Crippen molar-refractivity contribution >= 4 is 27.3 Å². The average Bonchev–Trinajstić information content (AvgIpc) is 2.64. The van der Waals surface area contributed by atoms with E-state index in [9.17, 15) is 9.59 Å². The third kappa shape index (κ3) is 2.44. The third-order valence-electron chi connectivity index (χ3n) is 2.65. The highest BCUT2D eigenvalue weighted by molar-refractivity contribution is 7.17. The fraction of sp³-hybridized carbons (Fsp3) is 0.417. The van der Waals surface area contributed by atoms with Crippen LogP contribution in [0.25, 0.3) is 10.2 Å². The second-order valence-corrected chi connectivity index (χ2v) is 5.02. The summed E-state index contributed by atoms with van der Waals surface area (Å²) in [6.07, 6.45) is 2.77. The number of fused-ring (bicyclic) bond motifs is 1. The topological polar surface area (TPSA) is 52.0 Å². The van der Waals surface area contributed by atoms with Gasteiger partial charge in [0.25, 0.3) is 5.56 Å². The highest BCUT2D eigenvalue weighted by atomic mass is 32.1. The fourth-order valence-corrected chi connectivity index (χ4v) is 2.67. The molecule has 0 saturated heterocycles. The van der Waals surface area contributed by atoms with Crippen LogP contribution < -0.4 is 5.56 Å². The molecule has 0 amide bonds. The maximum Gasteiger partial charge on any atom is 0.271 e. The second kappa shape index (κ2) is 4.79. The lowest BCUT2D eigenvalue weighted by Gasteiger charge is -2.03. The summed E-state index contributed by atoms with van der Waals surface area (Å²) < 4.78 is 2.29. The summed E-state index contributed by atoms with van der Waals surface area (Å²) in [6, 6.07) is 0. The van der Waals surface area contributed by atoms with E-state index in [0.29, 0.717) is 24.1 Å². The van der Waals surface area contributed by atoms with Crippen molar-refractivity contribution in [1.82, 2.24) is 9.55 Å². The lowest BCUT2D eigenvalue weighted by Crippen LogP contribution is -2.20. The molecule has 0 spiro atoms. The number of thiophene rings is 1. The minimum atomic E-state index is -0.00310. The van der Waals surface area contributed by atoms with E-state index in [2.05, 4.69) is 4.98 Å². The lowest BCUT2D eigenvalue weighted by molar-refractivity contribution is -0.117. The zero-order valence-electron chi connectivity index (χ0n) is 9.90. The van der Waals surface area contributed by atoms with Crippen LogP contribution in [-0.4, -0.2) is 15.3 Å². The van der Waals surface area contributed by atoms with Crippen LogP contribution >= 0.6 is 11.3 Å². The van der Waals surface area contributed by atoms with Crippen molar-refractivity contribution in [3.63, 3.8) is 0 Å². The first-order valence-electron chi connectivity index (χ1n) is 5.52. The van der Waals surface area contributed by atoms with Gasteiger partial charge in [0, 0.05) is 13.0 Å². The van der Waals surface area contributed by atoms with Crippen LogP contribution in [0.3, 0.4) is 0 Å². The number of hydrogen-bond acceptors (Lipinski definition) is 4. The number of hydrogen-bond donors (Lipinski definition) is 0. The van der Waals surface area contributed by atoms with Crippen LogP contribution in [0.4, 0.5) is 0 Å². The Morgan fingerprint density at radius 2 is 2.29 bits per heavy atom. The zero-order valence-corrected chi connectivity index (χ0v) is 10.7. The van der Waals surface area contributed by atoms with E-state index in [1.807, 2.05) is 12.3 Å². The summed E-state index contributed by atoms with van der Waals surface area (Å²) in [5, 5.41) is 1.94. The number of aryl methyl sites for hydroxylation is 2. The summed E-state index contributed by atoms with van der Waals surface area (Å²) in [5.41, 5.74) is 1.83. The van der Waals surface area contributed by atoms with Crippen LogP contribution in [0.2, 0.25) is 0 Å². The molecule has 0 fully saturated rings. The van der Waals surface area contributed by atoms with Crippen LogP contribution in [-0.2, 0) is 11.3 Å². The number of carbonyl (C=O) groups excluding carboxylic acids is 1. The van der Waals surface area contributed by atoms with Gasteiger partial charge in [-0.2, -0.15) is 0 Å². The molecule has 0 N–H and O–H groups in total. The summed E-state index contributed by atoms with van der Waals surface area (Å²) in [7, 11) is 0. The first-order chi connectivity index (χ1) is 8.09. The fourth-order valence-electron chi connectivity index (χ4n) is 1.72. The Bertz CT molecular complexity index is 612. The van der Waals surface area contributed by atoms with Gasteiger partial charge in [-0.3, -0.25) is 9.36 Å². The van der Waals surface area contributed by atoms with Crippen LogP contribution in [0.5, 0.6) is 0 Å². The van der Waals surface area contributed by atoms with E-state index >= 15 is 0 Å². The van der Waals surface area contributed by atoms with Crippen molar-refractivity contribution in [2.24, 2.45) is 0 Å². The predicted molar refractivity (Wildman–Crippen MR) is 68.5 cm³/mol. The molecule has 4 nitrogen and oxygen atoms in total. The van der Waals surface area contributed by atoms with Gasteiger partial charge in [0.15, 0.2) is 0 Å². The predicted octanol–water partition coefficient (Wildman–Crippen LogP) is 2.14. The molecule has 0 aromatic carbocycles. The number of rotatable bonds is 4. The Labute approximate surface area is 103 Å². The maximum atomic E-state index is 12.1. The van der Waals surface area contributed by atoms with Crippen LogP contribution in [0, 0.1) is 6.92 Å². The second-order valence-electron chi connectivity index (χ2n) is 4.15. The van der Waals surface area contributed by atoms with Crippen molar-refractivity contribution < 1.29 is 4.79 Å². The van der Waals surface area contributed by atoms with Crippen molar-refractivity contribution in [3.05, 3.63) is 27.6 Å². The molecule has 0 aliphatic heterocycles. The summed E-state index contributed by atoms with van der Waals surface area (Å²) in [5.74, 6) is 0.152. The average molecular weight is 250 g/mol. The van der Waals surface area contributed by atoms with Gasteiger partial charge in [0.1, 0.15) is 10.5 Å². The third-order valence-corrected chi connectivity index (χ3v) is 3.73. The highest BCUT2D eigenvalue weighted by Crippen LogP contribution is 2.19. The van der Waals surface area contributed by atoms with Crippen LogP contribution in [0.15, 0.2) is 16.5 Å². The summed E-state index contributed by atoms with van der Waals surface area (Å²) in [4.78, 5) is 27.2. The Morgan fingerprint density at radius 1 is 1.53 bits per heavy atom. The van der Waals surface area contributed by atoms with Gasteiger partial charge in [-0.1, -0.05) is 0 Å². The van der Waals surface area contributed by atoms with E-state index < -0.39 is 0 Å². The number of carbonyl (C=O) groups is 1. The number of nitrogens with zero attached hydrogens (tertiary/aromatic N) is 2. The SMILES string of the molecule is CC(=O)CCCn1cnc2c(C)csc2c1=O. The van der Waals surface area contributed by atoms with Crippen molar-refractivity contribution in [2.45, 2.75) is 33.2 Å². The molecule has 17 heavy (non-hydrogen) atoms. The molecule has 2 rings (SSSR count). The van der Waals surface area contributed by atoms with Gasteiger partial charge in [-0.25, -0.2) is 4.98 Å². The summed E-state index contributed by atoms with van der Waals surface area (Å²) in [6.45, 7) is 4.07. The largest absolute Gasteiger partial charge is 0.300 e. The first kappa shape index (κ1) is 12.0. The standard InChI is InChI=1S/C12H14N2O2S/c1-8-6-17-11-10(8)13-7-14(12(11)16)5-3-4-9(2)15/h6-7H,3-5H2,1-2H3. The molecule has 0 radical (unpaired) electrons. The number of ketones is 1. The van der Waals surface area contributed by atoms with Gasteiger partial charge in [-0.05, 0) is 31.2 Å². The molecule has 2 aromatic rings. The molecule has 0 aliphatic carbocycles. The van der Waals surface area contributed by atoms with Gasteiger partial charge >= 0.3 is 0 Å². The van der Waals surface area contributed by atoms with E-state index in [4.69, 9.17) is 0 Å². The van der Waals surface area contributed by atoms with E-state index in [-0.39, 0.29) is 11.3 Å². The van der Waals surface area contributed by atoms with E-state index in [0.717, 1.165) is 11.1 Å². The molecule has 2 heterocycles. The smallest absolute Gasteiger partial charge is 0.271 e. The zero-order chi connectivity index (χ0) is 12.4. The molecule has 5 heteroatoms. The molecule has 0 atom stereocenters. The van der Waals surface area contributed by atoms with E-state index in [1.165, 1.54) is 11.3 Å². The normalized spacial score (nSPS) is 10.9. The Kier molecular flexibility index (Phi) is 3.38.